The van der Waals surface area contributed by atoms with Gasteiger partial charge in [-0.25, -0.2) is 0 Å². The molecule has 0 aromatic carbocycles. The SMILES string of the molecule is CC[C@]12/C=C\CCCCOC(=O)[C@H]1[C@H]1C(=O)N([C@H](C)CO)C3C(=O)N(C4CCCCC4)CC=C[C@@]31O2. The molecule has 36 heavy (non-hydrogen) atoms. The molecule has 8 nitrogen and oxygen atoms in total. The van der Waals surface area contributed by atoms with Crippen LogP contribution in [0.5, 0.6) is 0 Å². The van der Waals surface area contributed by atoms with Crippen molar-refractivity contribution in [2.45, 2.75) is 101 Å². The number of rotatable bonds is 4. The standard InChI is InChI=1S/C28H40N2O6/c1-3-27-14-9-4-5-10-17-35-26(34)22(27)21-24(32)30(19(2)18-31)23-25(33)29(20-12-7-6-8-13-20)16-11-15-28(21,23)36-27/h9,11,14-15,19-23,31H,3-8,10,12-13,16-18H2,1-2H3/b14-9-/t19-,21+,22-,23?,27+,28+/m1/s1. The number of aliphatic hydroxyl groups is 1. The topological polar surface area (TPSA) is 96.4 Å². The Balaban J connectivity index is 1.64. The third-order valence-electron chi connectivity index (χ3n) is 9.11. The van der Waals surface area contributed by atoms with Crippen LogP contribution in [-0.4, -0.2) is 81.8 Å². The molecule has 0 aromatic heterocycles. The zero-order valence-electron chi connectivity index (χ0n) is 21.6. The van der Waals surface area contributed by atoms with Gasteiger partial charge < -0.3 is 24.4 Å². The van der Waals surface area contributed by atoms with Gasteiger partial charge in [0, 0.05) is 12.6 Å². The Bertz CT molecular complexity index is 942. The number of cyclic esters (lactones) is 1. The van der Waals surface area contributed by atoms with Gasteiger partial charge in [-0.05, 0) is 45.4 Å². The molecule has 4 aliphatic heterocycles. The van der Waals surface area contributed by atoms with Gasteiger partial charge in [-0.3, -0.25) is 14.4 Å². The molecule has 0 bridgehead atoms. The van der Waals surface area contributed by atoms with E-state index in [1.54, 1.807) is 6.92 Å². The molecule has 0 aromatic rings. The van der Waals surface area contributed by atoms with Crippen molar-refractivity contribution in [1.29, 1.82) is 0 Å². The first-order valence-electron chi connectivity index (χ1n) is 13.9. The summed E-state index contributed by atoms with van der Waals surface area (Å²) in [5.41, 5.74) is -2.33. The minimum absolute atomic E-state index is 0.124. The van der Waals surface area contributed by atoms with Crippen molar-refractivity contribution in [3.05, 3.63) is 24.3 Å². The Morgan fingerprint density at radius 1 is 1.03 bits per heavy atom. The summed E-state index contributed by atoms with van der Waals surface area (Å²) in [5.74, 6) is -2.64. The summed E-state index contributed by atoms with van der Waals surface area (Å²) in [7, 11) is 0. The van der Waals surface area contributed by atoms with Gasteiger partial charge in [0.1, 0.15) is 23.2 Å². The first-order chi connectivity index (χ1) is 17.4. The highest BCUT2D eigenvalue weighted by atomic mass is 16.6. The molecular weight excluding hydrogens is 460 g/mol. The number of carbonyl (C=O) groups is 3. The van der Waals surface area contributed by atoms with Crippen LogP contribution >= 0.6 is 0 Å². The lowest BCUT2D eigenvalue weighted by Gasteiger charge is -2.42. The van der Waals surface area contributed by atoms with E-state index in [-0.39, 0.29) is 24.5 Å². The second kappa shape index (κ2) is 9.93. The van der Waals surface area contributed by atoms with E-state index in [2.05, 4.69) is 6.08 Å². The van der Waals surface area contributed by atoms with Crippen molar-refractivity contribution in [2.24, 2.45) is 11.8 Å². The average molecular weight is 501 g/mol. The van der Waals surface area contributed by atoms with Crippen LogP contribution in [0.4, 0.5) is 0 Å². The van der Waals surface area contributed by atoms with Crippen molar-refractivity contribution in [3.63, 3.8) is 0 Å². The maximum atomic E-state index is 14.4. The van der Waals surface area contributed by atoms with Crippen molar-refractivity contribution < 1.29 is 29.0 Å². The lowest BCUT2D eigenvalue weighted by molar-refractivity contribution is -0.163. The van der Waals surface area contributed by atoms with Gasteiger partial charge >= 0.3 is 5.97 Å². The van der Waals surface area contributed by atoms with Crippen molar-refractivity contribution in [1.82, 2.24) is 9.80 Å². The average Bonchev–Trinajstić information content (AvgIpc) is 3.26. The second-order valence-corrected chi connectivity index (χ2v) is 11.1. The van der Waals surface area contributed by atoms with E-state index in [4.69, 9.17) is 9.47 Å². The van der Waals surface area contributed by atoms with Gasteiger partial charge in [0.2, 0.25) is 11.8 Å². The smallest absolute Gasteiger partial charge is 0.313 e. The van der Waals surface area contributed by atoms with Crippen LogP contribution in [0.2, 0.25) is 0 Å². The van der Waals surface area contributed by atoms with E-state index in [9.17, 15) is 19.5 Å². The van der Waals surface area contributed by atoms with Gasteiger partial charge in [0.05, 0.1) is 25.2 Å². The van der Waals surface area contributed by atoms with Crippen LogP contribution < -0.4 is 0 Å². The van der Waals surface area contributed by atoms with Crippen LogP contribution in [0.25, 0.3) is 0 Å². The molecule has 198 valence electrons. The lowest BCUT2D eigenvalue weighted by Crippen LogP contribution is -2.59. The van der Waals surface area contributed by atoms with Gasteiger partial charge in [-0.15, -0.1) is 0 Å². The van der Waals surface area contributed by atoms with Crippen molar-refractivity contribution >= 4 is 17.8 Å². The van der Waals surface area contributed by atoms with Crippen LogP contribution in [0.3, 0.4) is 0 Å². The number of hydrogen-bond donors (Lipinski definition) is 1. The normalized spacial score (nSPS) is 39.2. The molecule has 5 rings (SSSR count). The van der Waals surface area contributed by atoms with E-state index < -0.39 is 41.1 Å². The summed E-state index contributed by atoms with van der Waals surface area (Å²) < 4.78 is 12.6. The van der Waals surface area contributed by atoms with E-state index in [1.165, 1.54) is 11.3 Å². The van der Waals surface area contributed by atoms with Gasteiger partial charge in [-0.1, -0.05) is 50.5 Å². The van der Waals surface area contributed by atoms with E-state index in [0.29, 0.717) is 19.6 Å². The summed E-state index contributed by atoms with van der Waals surface area (Å²) in [6.45, 7) is 4.19. The fourth-order valence-corrected chi connectivity index (χ4v) is 7.28. The number of nitrogens with zero attached hydrogens (tertiary/aromatic N) is 2. The Morgan fingerprint density at radius 3 is 2.53 bits per heavy atom. The number of ether oxygens (including phenoxy) is 2. The van der Waals surface area contributed by atoms with Crippen LogP contribution in [0.15, 0.2) is 24.3 Å². The highest BCUT2D eigenvalue weighted by Gasteiger charge is 2.75. The lowest BCUT2D eigenvalue weighted by atomic mass is 9.73. The molecule has 1 aliphatic carbocycles. The molecule has 5 aliphatic rings. The Kier molecular flexibility index (Phi) is 7.03. The zero-order chi connectivity index (χ0) is 25.5. The fraction of sp³-hybridized carbons (Fsp3) is 0.750. The number of likely N-dealkylation sites (tertiary alicyclic amines) is 1. The third kappa shape index (κ3) is 3.83. The molecule has 1 unspecified atom stereocenters. The minimum Gasteiger partial charge on any atom is -0.465 e. The Labute approximate surface area is 213 Å². The first-order valence-corrected chi connectivity index (χ1v) is 13.9. The number of fused-ring (bicyclic) bond motifs is 2. The molecular formula is C28H40N2O6. The van der Waals surface area contributed by atoms with Crippen LogP contribution in [0.1, 0.15) is 71.6 Å². The summed E-state index contributed by atoms with van der Waals surface area (Å²) in [5, 5.41) is 10.1. The molecule has 4 heterocycles. The number of aliphatic hydroxyl groups excluding tert-OH is 1. The van der Waals surface area contributed by atoms with Gasteiger partial charge in [-0.2, -0.15) is 0 Å². The number of carbonyl (C=O) groups excluding carboxylic acids is 3. The number of allylic oxidation sites excluding steroid dienone is 1. The minimum atomic E-state index is -1.29. The molecule has 8 heteroatoms. The summed E-state index contributed by atoms with van der Waals surface area (Å²) >= 11 is 0. The maximum Gasteiger partial charge on any atom is 0.313 e. The predicted octanol–water partition coefficient (Wildman–Crippen LogP) is 2.74. The quantitative estimate of drug-likeness (QED) is 0.471. The van der Waals surface area contributed by atoms with Crippen molar-refractivity contribution in [3.8, 4) is 0 Å². The zero-order valence-corrected chi connectivity index (χ0v) is 21.6. The summed E-state index contributed by atoms with van der Waals surface area (Å²) in [6.07, 6.45) is 16.1. The summed E-state index contributed by atoms with van der Waals surface area (Å²) in [6, 6.07) is -1.39. The third-order valence-corrected chi connectivity index (χ3v) is 9.11. The van der Waals surface area contributed by atoms with Crippen LogP contribution in [0, 0.1) is 11.8 Å². The van der Waals surface area contributed by atoms with E-state index in [0.717, 1.165) is 44.9 Å². The molecule has 6 atom stereocenters. The number of esters is 1. The highest BCUT2D eigenvalue weighted by molar-refractivity contribution is 5.99. The monoisotopic (exact) mass is 500 g/mol. The molecule has 3 fully saturated rings. The summed E-state index contributed by atoms with van der Waals surface area (Å²) in [4.78, 5) is 45.6. The predicted molar refractivity (Wildman–Crippen MR) is 133 cm³/mol. The molecule has 1 saturated carbocycles. The van der Waals surface area contributed by atoms with Gasteiger partial charge in [0.15, 0.2) is 0 Å². The van der Waals surface area contributed by atoms with Crippen molar-refractivity contribution in [2.75, 3.05) is 19.8 Å². The molecule has 1 spiro atoms. The second-order valence-electron chi connectivity index (χ2n) is 11.1. The number of hydrogen-bond acceptors (Lipinski definition) is 6. The molecule has 0 radical (unpaired) electrons. The maximum absolute atomic E-state index is 14.4. The highest BCUT2D eigenvalue weighted by Crippen LogP contribution is 2.58. The molecule has 2 amide bonds. The van der Waals surface area contributed by atoms with Gasteiger partial charge in [0.25, 0.3) is 0 Å². The fourth-order valence-electron chi connectivity index (χ4n) is 7.28. The molecule has 1 N–H and O–H groups in total. The largest absolute Gasteiger partial charge is 0.465 e. The first kappa shape index (κ1) is 25.5. The number of amides is 2. The Morgan fingerprint density at radius 2 is 1.81 bits per heavy atom. The van der Waals surface area contributed by atoms with Crippen LogP contribution in [-0.2, 0) is 23.9 Å². The van der Waals surface area contributed by atoms with E-state index >= 15 is 0 Å². The van der Waals surface area contributed by atoms with E-state index in [1.807, 2.05) is 30.1 Å². The molecule has 2 saturated heterocycles. The Hall–Kier alpha value is -2.19.